The number of ether oxygens (including phenoxy) is 2. The molecule has 3 saturated heterocycles. The van der Waals surface area contributed by atoms with Crippen molar-refractivity contribution in [3.8, 4) is 0 Å². The second-order valence-electron chi connectivity index (χ2n) is 6.90. The van der Waals surface area contributed by atoms with E-state index in [1.54, 1.807) is 0 Å². The first-order chi connectivity index (χ1) is 10.1. The smallest absolute Gasteiger partial charge is 0.226 e. The molecular formula is C16H27NO4. The van der Waals surface area contributed by atoms with Gasteiger partial charge < -0.3 is 19.5 Å². The molecule has 1 amide bonds. The Morgan fingerprint density at radius 3 is 2.48 bits per heavy atom. The zero-order valence-corrected chi connectivity index (χ0v) is 12.9. The molecule has 0 spiro atoms. The fourth-order valence-corrected chi connectivity index (χ4v) is 3.85. The lowest BCUT2D eigenvalue weighted by molar-refractivity contribution is -0.187. The summed E-state index contributed by atoms with van der Waals surface area (Å²) in [6, 6.07) is 0.0983. The Kier molecular flexibility index (Phi) is 4.52. The molecule has 0 aromatic heterocycles. The fourth-order valence-electron chi connectivity index (χ4n) is 3.85. The number of likely N-dealkylation sites (tertiary alicyclic amines) is 1. The highest BCUT2D eigenvalue weighted by Gasteiger charge is 2.46. The highest BCUT2D eigenvalue weighted by Crippen LogP contribution is 2.35. The third-order valence-electron chi connectivity index (χ3n) is 5.08. The minimum atomic E-state index is -0.862. The number of hydrogen-bond acceptors (Lipinski definition) is 4. The predicted molar refractivity (Wildman–Crippen MR) is 77.7 cm³/mol. The monoisotopic (exact) mass is 297 g/mol. The van der Waals surface area contributed by atoms with Crippen molar-refractivity contribution in [3.63, 3.8) is 0 Å². The summed E-state index contributed by atoms with van der Waals surface area (Å²) in [5.74, 6) is 0.160. The molecule has 4 unspecified atom stereocenters. The van der Waals surface area contributed by atoms with E-state index in [-0.39, 0.29) is 24.3 Å². The van der Waals surface area contributed by atoms with E-state index in [4.69, 9.17) is 9.47 Å². The van der Waals surface area contributed by atoms with Gasteiger partial charge in [0.1, 0.15) is 6.23 Å². The van der Waals surface area contributed by atoms with Crippen LogP contribution in [-0.4, -0.2) is 53.1 Å². The topological polar surface area (TPSA) is 59.0 Å². The van der Waals surface area contributed by atoms with Gasteiger partial charge in [-0.25, -0.2) is 0 Å². The average Bonchev–Trinajstić information content (AvgIpc) is 2.48. The Labute approximate surface area is 126 Å². The Morgan fingerprint density at radius 2 is 1.90 bits per heavy atom. The van der Waals surface area contributed by atoms with Gasteiger partial charge in [0.25, 0.3) is 0 Å². The standard InChI is InChI=1S/C16H27NO4/c1-16(19,13-6-2-4-8-20-13)11-12-10-14(18)17(12)15-7-3-5-9-21-15/h12-13,15,19H,2-11H2,1H3. The van der Waals surface area contributed by atoms with Crippen LogP contribution in [0.25, 0.3) is 0 Å². The number of β-lactam (4-membered cyclic amide) rings is 1. The largest absolute Gasteiger partial charge is 0.387 e. The van der Waals surface area contributed by atoms with Gasteiger partial charge in [0, 0.05) is 25.7 Å². The lowest BCUT2D eigenvalue weighted by Crippen LogP contribution is -2.61. The molecule has 3 aliphatic heterocycles. The number of rotatable bonds is 4. The van der Waals surface area contributed by atoms with Crippen LogP contribution in [0.2, 0.25) is 0 Å². The Morgan fingerprint density at radius 1 is 1.19 bits per heavy atom. The van der Waals surface area contributed by atoms with Gasteiger partial charge in [0.05, 0.1) is 11.7 Å². The van der Waals surface area contributed by atoms with E-state index in [1.807, 2.05) is 11.8 Å². The first kappa shape index (κ1) is 15.3. The molecule has 21 heavy (non-hydrogen) atoms. The van der Waals surface area contributed by atoms with Crippen molar-refractivity contribution in [2.45, 2.75) is 82.3 Å². The number of aliphatic hydroxyl groups is 1. The summed E-state index contributed by atoms with van der Waals surface area (Å²) in [5.41, 5.74) is -0.862. The van der Waals surface area contributed by atoms with Crippen LogP contribution in [0.4, 0.5) is 0 Å². The molecule has 0 aliphatic carbocycles. The number of nitrogens with zero attached hydrogens (tertiary/aromatic N) is 1. The molecular weight excluding hydrogens is 270 g/mol. The highest BCUT2D eigenvalue weighted by atomic mass is 16.5. The van der Waals surface area contributed by atoms with E-state index < -0.39 is 5.60 Å². The van der Waals surface area contributed by atoms with Crippen molar-refractivity contribution in [2.75, 3.05) is 13.2 Å². The van der Waals surface area contributed by atoms with Gasteiger partial charge in [0.2, 0.25) is 5.91 Å². The lowest BCUT2D eigenvalue weighted by atomic mass is 9.82. The van der Waals surface area contributed by atoms with Crippen LogP contribution in [-0.2, 0) is 14.3 Å². The molecule has 4 atom stereocenters. The molecule has 3 aliphatic rings. The molecule has 0 aromatic carbocycles. The predicted octanol–water partition coefficient (Wildman–Crippen LogP) is 1.82. The van der Waals surface area contributed by atoms with Crippen molar-refractivity contribution in [1.29, 1.82) is 0 Å². The SMILES string of the molecule is CC(O)(CC1CC(=O)N1C1CCCCO1)C1CCCCO1. The molecule has 120 valence electrons. The fraction of sp³-hybridized carbons (Fsp3) is 0.938. The molecule has 5 heteroatoms. The second kappa shape index (κ2) is 6.23. The summed E-state index contributed by atoms with van der Waals surface area (Å²) < 4.78 is 11.5. The van der Waals surface area contributed by atoms with E-state index in [0.29, 0.717) is 12.8 Å². The van der Waals surface area contributed by atoms with Crippen LogP contribution >= 0.6 is 0 Å². The van der Waals surface area contributed by atoms with E-state index in [9.17, 15) is 9.90 Å². The molecule has 0 aromatic rings. The van der Waals surface area contributed by atoms with Crippen molar-refractivity contribution in [1.82, 2.24) is 4.90 Å². The normalized spacial score (nSPS) is 37.0. The minimum absolute atomic E-state index is 0.0759. The number of carbonyl (C=O) groups is 1. The van der Waals surface area contributed by atoms with E-state index in [2.05, 4.69) is 0 Å². The van der Waals surface area contributed by atoms with Crippen molar-refractivity contribution in [3.05, 3.63) is 0 Å². The summed E-state index contributed by atoms with van der Waals surface area (Å²) in [6.07, 6.45) is 7.16. The molecule has 0 saturated carbocycles. The quantitative estimate of drug-likeness (QED) is 0.804. The number of hydrogen-bond donors (Lipinski definition) is 1. The lowest BCUT2D eigenvalue weighted by Gasteiger charge is -2.49. The van der Waals surface area contributed by atoms with Crippen LogP contribution in [0.5, 0.6) is 0 Å². The average molecular weight is 297 g/mol. The van der Waals surface area contributed by atoms with Crippen LogP contribution < -0.4 is 0 Å². The van der Waals surface area contributed by atoms with Gasteiger partial charge in [-0.05, 0) is 51.9 Å². The zero-order valence-electron chi connectivity index (χ0n) is 12.9. The van der Waals surface area contributed by atoms with Crippen LogP contribution in [0, 0.1) is 0 Å². The molecule has 3 rings (SSSR count). The van der Waals surface area contributed by atoms with Gasteiger partial charge in [-0.1, -0.05) is 0 Å². The van der Waals surface area contributed by atoms with Crippen molar-refractivity contribution in [2.24, 2.45) is 0 Å². The number of carbonyl (C=O) groups excluding carboxylic acids is 1. The molecule has 3 heterocycles. The summed E-state index contributed by atoms with van der Waals surface area (Å²) in [5, 5.41) is 10.8. The first-order valence-corrected chi connectivity index (χ1v) is 8.35. The molecule has 3 fully saturated rings. The third kappa shape index (κ3) is 3.25. The van der Waals surface area contributed by atoms with Gasteiger partial charge in [-0.3, -0.25) is 4.79 Å². The summed E-state index contributed by atoms with van der Waals surface area (Å²) >= 11 is 0. The molecule has 5 nitrogen and oxygen atoms in total. The maximum atomic E-state index is 11.9. The second-order valence-corrected chi connectivity index (χ2v) is 6.90. The van der Waals surface area contributed by atoms with Gasteiger partial charge >= 0.3 is 0 Å². The minimum Gasteiger partial charge on any atom is -0.387 e. The number of amides is 1. The van der Waals surface area contributed by atoms with E-state index in [0.717, 1.165) is 51.7 Å². The molecule has 0 radical (unpaired) electrons. The van der Waals surface area contributed by atoms with Gasteiger partial charge in [-0.2, -0.15) is 0 Å². The Balaban J connectivity index is 1.59. The Bertz CT molecular complexity index is 372. The van der Waals surface area contributed by atoms with Crippen molar-refractivity contribution >= 4 is 5.91 Å². The van der Waals surface area contributed by atoms with Crippen LogP contribution in [0.15, 0.2) is 0 Å². The van der Waals surface area contributed by atoms with Gasteiger partial charge in [-0.15, -0.1) is 0 Å². The molecule has 0 bridgehead atoms. The van der Waals surface area contributed by atoms with Crippen LogP contribution in [0.1, 0.15) is 58.3 Å². The van der Waals surface area contributed by atoms with Gasteiger partial charge in [0.15, 0.2) is 0 Å². The van der Waals surface area contributed by atoms with E-state index in [1.165, 1.54) is 0 Å². The molecule has 1 N–H and O–H groups in total. The summed E-state index contributed by atoms with van der Waals surface area (Å²) in [4.78, 5) is 13.8. The summed E-state index contributed by atoms with van der Waals surface area (Å²) in [6.45, 7) is 3.33. The van der Waals surface area contributed by atoms with E-state index >= 15 is 0 Å². The first-order valence-electron chi connectivity index (χ1n) is 8.35. The Hall–Kier alpha value is -0.650. The highest BCUT2D eigenvalue weighted by molar-refractivity contribution is 5.83. The zero-order chi connectivity index (χ0) is 14.9. The van der Waals surface area contributed by atoms with Crippen molar-refractivity contribution < 1.29 is 19.4 Å². The maximum Gasteiger partial charge on any atom is 0.226 e. The summed E-state index contributed by atoms with van der Waals surface area (Å²) in [7, 11) is 0. The maximum absolute atomic E-state index is 11.9. The third-order valence-corrected chi connectivity index (χ3v) is 5.08. The van der Waals surface area contributed by atoms with Crippen LogP contribution in [0.3, 0.4) is 0 Å².